The number of sulfonamides is 1. The van der Waals surface area contributed by atoms with Crippen LogP contribution in [0.15, 0.2) is 18.5 Å². The van der Waals surface area contributed by atoms with E-state index in [2.05, 4.69) is 5.32 Å². The molecule has 1 saturated heterocycles. The van der Waals surface area contributed by atoms with Gasteiger partial charge < -0.3 is 9.88 Å². The molecule has 2 aliphatic carbocycles. The Hall–Kier alpha value is -1.34. The van der Waals surface area contributed by atoms with Crippen molar-refractivity contribution >= 4 is 15.9 Å². The number of carbonyl (C=O) groups excluding carboxylic acids is 1. The van der Waals surface area contributed by atoms with Crippen molar-refractivity contribution in [3.8, 4) is 0 Å². The SMILES string of the molecule is Cn1ccc(C(=O)NC2CCC23CCN(S(=O)(=O)C2CC2)CC3)c1. The highest BCUT2D eigenvalue weighted by molar-refractivity contribution is 7.90. The summed E-state index contributed by atoms with van der Waals surface area (Å²) < 4.78 is 28.3. The monoisotopic (exact) mass is 351 g/mol. The minimum absolute atomic E-state index is 0.0206. The molecule has 1 unspecified atom stereocenters. The molecule has 1 amide bonds. The van der Waals surface area contributed by atoms with Crippen molar-refractivity contribution in [2.75, 3.05) is 13.1 Å². The number of hydrogen-bond donors (Lipinski definition) is 1. The number of aryl methyl sites for hydroxylation is 1. The van der Waals surface area contributed by atoms with Crippen LogP contribution in [0, 0.1) is 5.41 Å². The summed E-state index contributed by atoms with van der Waals surface area (Å²) in [6.45, 7) is 1.22. The minimum Gasteiger partial charge on any atom is -0.356 e. The van der Waals surface area contributed by atoms with Crippen LogP contribution in [-0.4, -0.2) is 47.6 Å². The lowest BCUT2D eigenvalue weighted by Gasteiger charge is -2.53. The third-order valence-electron chi connectivity index (χ3n) is 6.09. The van der Waals surface area contributed by atoms with Crippen molar-refractivity contribution in [3.05, 3.63) is 24.0 Å². The quantitative estimate of drug-likeness (QED) is 0.893. The van der Waals surface area contributed by atoms with Crippen LogP contribution < -0.4 is 5.32 Å². The fourth-order valence-corrected chi connectivity index (χ4v) is 6.01. The zero-order valence-corrected chi connectivity index (χ0v) is 14.9. The summed E-state index contributed by atoms with van der Waals surface area (Å²) in [5.74, 6) is -0.0206. The van der Waals surface area contributed by atoms with E-state index in [0.717, 1.165) is 38.5 Å². The Morgan fingerprint density at radius 2 is 1.92 bits per heavy atom. The van der Waals surface area contributed by atoms with Gasteiger partial charge in [-0.2, -0.15) is 0 Å². The van der Waals surface area contributed by atoms with E-state index in [1.165, 1.54) is 0 Å². The van der Waals surface area contributed by atoms with E-state index in [-0.39, 0.29) is 22.6 Å². The number of nitrogens with one attached hydrogen (secondary N) is 1. The van der Waals surface area contributed by atoms with Crippen molar-refractivity contribution in [2.24, 2.45) is 12.5 Å². The number of rotatable bonds is 4. The number of hydrogen-bond acceptors (Lipinski definition) is 3. The third kappa shape index (κ3) is 2.67. The molecule has 4 rings (SSSR count). The van der Waals surface area contributed by atoms with Crippen LogP contribution >= 0.6 is 0 Å². The summed E-state index contributed by atoms with van der Waals surface area (Å²) in [4.78, 5) is 12.4. The zero-order valence-electron chi connectivity index (χ0n) is 14.1. The maximum Gasteiger partial charge on any atom is 0.253 e. The molecule has 1 aromatic heterocycles. The topological polar surface area (TPSA) is 71.4 Å². The summed E-state index contributed by atoms with van der Waals surface area (Å²) in [7, 11) is -1.16. The van der Waals surface area contributed by atoms with Gasteiger partial charge in [0.1, 0.15) is 0 Å². The van der Waals surface area contributed by atoms with Crippen LogP contribution in [0.4, 0.5) is 0 Å². The lowest BCUT2D eigenvalue weighted by molar-refractivity contribution is 0.0126. The highest BCUT2D eigenvalue weighted by Crippen LogP contribution is 2.50. The summed E-state index contributed by atoms with van der Waals surface area (Å²) in [5, 5.41) is 3.05. The van der Waals surface area contributed by atoms with Crippen molar-refractivity contribution in [3.63, 3.8) is 0 Å². The molecule has 1 spiro atoms. The lowest BCUT2D eigenvalue weighted by Crippen LogP contribution is -2.59. The van der Waals surface area contributed by atoms with Crippen LogP contribution in [-0.2, 0) is 17.1 Å². The smallest absolute Gasteiger partial charge is 0.253 e. The molecule has 0 bridgehead atoms. The van der Waals surface area contributed by atoms with E-state index in [4.69, 9.17) is 0 Å². The fourth-order valence-electron chi connectivity index (χ4n) is 4.16. The fraction of sp³-hybridized carbons (Fsp3) is 0.706. The van der Waals surface area contributed by atoms with Gasteiger partial charge in [0.15, 0.2) is 0 Å². The highest BCUT2D eigenvalue weighted by Gasteiger charge is 2.51. The number of aromatic nitrogens is 1. The van der Waals surface area contributed by atoms with E-state index >= 15 is 0 Å². The first-order valence-corrected chi connectivity index (χ1v) is 10.3. The molecule has 3 fully saturated rings. The van der Waals surface area contributed by atoms with Crippen LogP contribution in [0.1, 0.15) is 48.9 Å². The largest absolute Gasteiger partial charge is 0.356 e. The van der Waals surface area contributed by atoms with Gasteiger partial charge in [-0.25, -0.2) is 12.7 Å². The molecule has 1 aromatic rings. The predicted molar refractivity (Wildman–Crippen MR) is 91.1 cm³/mol. The van der Waals surface area contributed by atoms with E-state index < -0.39 is 10.0 Å². The average molecular weight is 351 g/mol. The molecule has 1 atom stereocenters. The zero-order chi connectivity index (χ0) is 16.9. The predicted octanol–water partition coefficient (Wildman–Crippen LogP) is 1.49. The van der Waals surface area contributed by atoms with Gasteiger partial charge in [0.05, 0.1) is 10.8 Å². The molecule has 0 radical (unpaired) electrons. The van der Waals surface area contributed by atoms with E-state index in [9.17, 15) is 13.2 Å². The Labute approximate surface area is 143 Å². The molecule has 0 aromatic carbocycles. The molecule has 2 heterocycles. The molecular weight excluding hydrogens is 326 g/mol. The van der Waals surface area contributed by atoms with Gasteiger partial charge in [-0.05, 0) is 50.0 Å². The second-order valence-electron chi connectivity index (χ2n) is 7.64. The molecular formula is C17H25N3O3S. The Balaban J connectivity index is 1.37. The number of carbonyl (C=O) groups is 1. The lowest BCUT2D eigenvalue weighted by atomic mass is 9.59. The molecule has 132 valence electrons. The molecule has 24 heavy (non-hydrogen) atoms. The van der Waals surface area contributed by atoms with Gasteiger partial charge >= 0.3 is 0 Å². The molecule has 2 saturated carbocycles. The van der Waals surface area contributed by atoms with E-state index in [0.29, 0.717) is 18.7 Å². The molecule has 1 aliphatic heterocycles. The number of piperidine rings is 1. The van der Waals surface area contributed by atoms with Crippen LogP contribution in [0.2, 0.25) is 0 Å². The van der Waals surface area contributed by atoms with Crippen molar-refractivity contribution in [2.45, 2.75) is 49.8 Å². The van der Waals surface area contributed by atoms with Crippen molar-refractivity contribution in [1.82, 2.24) is 14.2 Å². The highest BCUT2D eigenvalue weighted by atomic mass is 32.2. The number of nitrogens with zero attached hydrogens (tertiary/aromatic N) is 2. The van der Waals surface area contributed by atoms with Gasteiger partial charge in [-0.15, -0.1) is 0 Å². The Kier molecular flexibility index (Phi) is 3.76. The second kappa shape index (κ2) is 5.59. The normalized spacial score (nSPS) is 27.0. The van der Waals surface area contributed by atoms with Crippen molar-refractivity contribution in [1.29, 1.82) is 0 Å². The first-order valence-electron chi connectivity index (χ1n) is 8.83. The van der Waals surface area contributed by atoms with Crippen molar-refractivity contribution < 1.29 is 13.2 Å². The second-order valence-corrected chi connectivity index (χ2v) is 9.85. The van der Waals surface area contributed by atoms with Gasteiger partial charge in [0.2, 0.25) is 10.0 Å². The van der Waals surface area contributed by atoms with Gasteiger partial charge in [0.25, 0.3) is 5.91 Å². The standard InChI is InChI=1S/C17H25N3O3S/c1-19-9-5-13(12-19)16(21)18-15-4-6-17(15)7-10-20(11-8-17)24(22,23)14-2-3-14/h5,9,12,14-15H,2-4,6-8,10-11H2,1H3,(H,18,21). The Morgan fingerprint density at radius 1 is 1.21 bits per heavy atom. The summed E-state index contributed by atoms with van der Waals surface area (Å²) in [5.41, 5.74) is 0.785. The molecule has 3 aliphatic rings. The Bertz CT molecular complexity index is 743. The van der Waals surface area contributed by atoms with E-state index in [1.54, 1.807) is 4.31 Å². The maximum atomic E-state index is 12.4. The van der Waals surface area contributed by atoms with Gasteiger partial charge in [-0.1, -0.05) is 0 Å². The van der Waals surface area contributed by atoms with E-state index in [1.807, 2.05) is 30.1 Å². The minimum atomic E-state index is -3.06. The summed E-state index contributed by atoms with van der Waals surface area (Å²) in [6, 6.07) is 2.00. The number of amides is 1. The maximum absolute atomic E-state index is 12.4. The van der Waals surface area contributed by atoms with Gasteiger partial charge in [-0.3, -0.25) is 4.79 Å². The summed E-state index contributed by atoms with van der Waals surface area (Å²) >= 11 is 0. The first kappa shape index (κ1) is 16.1. The van der Waals surface area contributed by atoms with Crippen LogP contribution in [0.5, 0.6) is 0 Å². The van der Waals surface area contributed by atoms with Crippen LogP contribution in [0.3, 0.4) is 0 Å². The molecule has 6 nitrogen and oxygen atoms in total. The average Bonchev–Trinajstić information content (AvgIpc) is 3.34. The molecule has 1 N–H and O–H groups in total. The first-order chi connectivity index (χ1) is 11.4. The Morgan fingerprint density at radius 3 is 2.42 bits per heavy atom. The molecule has 7 heteroatoms. The summed E-state index contributed by atoms with van der Waals surface area (Å²) in [6.07, 6.45) is 9.13. The third-order valence-corrected chi connectivity index (χ3v) is 8.49. The van der Waals surface area contributed by atoms with Crippen LogP contribution in [0.25, 0.3) is 0 Å². The van der Waals surface area contributed by atoms with Gasteiger partial charge in [0, 0.05) is 38.6 Å².